The van der Waals surface area contributed by atoms with Gasteiger partial charge < -0.3 is 5.32 Å². The Morgan fingerprint density at radius 3 is 2.60 bits per heavy atom. The summed E-state index contributed by atoms with van der Waals surface area (Å²) in [6, 6.07) is 5.01. The molecule has 0 radical (unpaired) electrons. The maximum absolute atomic E-state index is 12.6. The summed E-state index contributed by atoms with van der Waals surface area (Å²) in [5, 5.41) is 2.17. The van der Waals surface area contributed by atoms with Crippen LogP contribution in [0.3, 0.4) is 0 Å². The van der Waals surface area contributed by atoms with Gasteiger partial charge in [0.15, 0.2) is 0 Å². The van der Waals surface area contributed by atoms with Gasteiger partial charge >= 0.3 is 5.92 Å². The van der Waals surface area contributed by atoms with Gasteiger partial charge in [0.2, 0.25) is 0 Å². The Bertz CT molecular complexity index is 387. The van der Waals surface area contributed by atoms with Crippen LogP contribution in [0.5, 0.6) is 0 Å². The summed E-state index contributed by atoms with van der Waals surface area (Å²) in [6.07, 6.45) is 0. The molecule has 0 unspecified atom stereocenters. The van der Waals surface area contributed by atoms with Crippen LogP contribution in [0.2, 0.25) is 0 Å². The van der Waals surface area contributed by atoms with Crippen LogP contribution in [0.25, 0.3) is 0 Å². The van der Waals surface area contributed by atoms with Crippen LogP contribution < -0.4 is 5.32 Å². The predicted molar refractivity (Wildman–Crippen MR) is 58.1 cm³/mol. The largest absolute Gasteiger partial charge is 0.322 e. The second-order valence-corrected chi connectivity index (χ2v) is 4.11. The summed E-state index contributed by atoms with van der Waals surface area (Å²) in [4.78, 5) is 11.0. The third-order valence-electron chi connectivity index (χ3n) is 1.91. The van der Waals surface area contributed by atoms with Gasteiger partial charge in [0, 0.05) is 17.1 Å². The third kappa shape index (κ3) is 2.99. The second kappa shape index (κ2) is 4.26. The van der Waals surface area contributed by atoms with Crippen molar-refractivity contribution >= 4 is 27.5 Å². The number of anilines is 1. The Labute approximate surface area is 94.8 Å². The van der Waals surface area contributed by atoms with E-state index in [-0.39, 0.29) is 0 Å². The average Bonchev–Trinajstić information content (AvgIpc) is 2.11. The highest BCUT2D eigenvalue weighted by molar-refractivity contribution is 9.10. The standard InChI is InChI=1S/C10H10BrF2NO/c1-6-7(11)4-3-5-8(6)14-9(15)10(2,12)13/h3-5H,1-2H3,(H,14,15). The molecule has 0 saturated heterocycles. The minimum absolute atomic E-state index is 0.385. The fourth-order valence-electron chi connectivity index (χ4n) is 0.975. The molecule has 0 saturated carbocycles. The van der Waals surface area contributed by atoms with Crippen molar-refractivity contribution in [2.45, 2.75) is 19.8 Å². The normalized spacial score (nSPS) is 11.3. The van der Waals surface area contributed by atoms with E-state index in [1.807, 2.05) is 0 Å². The first-order chi connectivity index (χ1) is 6.82. The number of benzene rings is 1. The van der Waals surface area contributed by atoms with Crippen molar-refractivity contribution in [2.24, 2.45) is 0 Å². The van der Waals surface area contributed by atoms with E-state index in [9.17, 15) is 13.6 Å². The number of alkyl halides is 2. The summed E-state index contributed by atoms with van der Waals surface area (Å²) in [6.45, 7) is 2.29. The average molecular weight is 278 g/mol. The molecule has 1 aromatic carbocycles. The zero-order valence-electron chi connectivity index (χ0n) is 8.27. The molecular formula is C10H10BrF2NO. The third-order valence-corrected chi connectivity index (χ3v) is 2.77. The summed E-state index contributed by atoms with van der Waals surface area (Å²) in [5.74, 6) is -4.67. The first-order valence-corrected chi connectivity index (χ1v) is 5.06. The van der Waals surface area contributed by atoms with Gasteiger partial charge in [-0.15, -0.1) is 0 Å². The molecule has 0 atom stereocenters. The molecule has 82 valence electrons. The monoisotopic (exact) mass is 277 g/mol. The van der Waals surface area contributed by atoms with Crippen LogP contribution in [0.1, 0.15) is 12.5 Å². The first-order valence-electron chi connectivity index (χ1n) is 4.27. The number of carbonyl (C=O) groups excluding carboxylic acids is 1. The molecule has 0 aliphatic heterocycles. The molecule has 5 heteroatoms. The van der Waals surface area contributed by atoms with E-state index < -0.39 is 11.8 Å². The number of hydrogen-bond donors (Lipinski definition) is 1. The SMILES string of the molecule is Cc1c(Br)cccc1NC(=O)C(C)(F)F. The number of nitrogens with one attached hydrogen (secondary N) is 1. The maximum atomic E-state index is 12.6. The van der Waals surface area contributed by atoms with Gasteiger partial charge in [0.25, 0.3) is 5.91 Å². The number of amides is 1. The molecule has 0 fully saturated rings. The number of halogens is 3. The van der Waals surface area contributed by atoms with E-state index in [1.54, 1.807) is 25.1 Å². The lowest BCUT2D eigenvalue weighted by atomic mass is 10.2. The fourth-order valence-corrected chi connectivity index (χ4v) is 1.34. The minimum atomic E-state index is -3.37. The van der Waals surface area contributed by atoms with Crippen molar-refractivity contribution in [1.82, 2.24) is 0 Å². The Kier molecular flexibility index (Phi) is 3.44. The van der Waals surface area contributed by atoms with Crippen LogP contribution in [-0.4, -0.2) is 11.8 Å². The highest BCUT2D eigenvalue weighted by Crippen LogP contribution is 2.25. The van der Waals surface area contributed by atoms with Crippen LogP contribution in [0, 0.1) is 6.92 Å². The van der Waals surface area contributed by atoms with E-state index in [1.165, 1.54) is 0 Å². The van der Waals surface area contributed by atoms with Gasteiger partial charge in [-0.1, -0.05) is 22.0 Å². The van der Waals surface area contributed by atoms with E-state index in [4.69, 9.17) is 0 Å². The lowest BCUT2D eigenvalue weighted by Crippen LogP contribution is -2.31. The molecule has 1 aromatic rings. The van der Waals surface area contributed by atoms with Gasteiger partial charge in [0.05, 0.1) is 0 Å². The quantitative estimate of drug-likeness (QED) is 0.883. The molecule has 15 heavy (non-hydrogen) atoms. The van der Waals surface area contributed by atoms with Crippen LogP contribution in [-0.2, 0) is 4.79 Å². The van der Waals surface area contributed by atoms with E-state index >= 15 is 0 Å². The maximum Gasteiger partial charge on any atom is 0.322 e. The Morgan fingerprint density at radius 1 is 1.47 bits per heavy atom. The highest BCUT2D eigenvalue weighted by Gasteiger charge is 2.32. The second-order valence-electron chi connectivity index (χ2n) is 3.25. The Morgan fingerprint density at radius 2 is 2.07 bits per heavy atom. The van der Waals surface area contributed by atoms with Crippen molar-refractivity contribution in [1.29, 1.82) is 0 Å². The topological polar surface area (TPSA) is 29.1 Å². The number of rotatable bonds is 2. The molecule has 0 heterocycles. The lowest BCUT2D eigenvalue weighted by molar-refractivity contribution is -0.137. The molecule has 0 spiro atoms. The van der Waals surface area contributed by atoms with Crippen molar-refractivity contribution < 1.29 is 13.6 Å². The Balaban J connectivity index is 2.91. The molecule has 1 N–H and O–H groups in total. The minimum Gasteiger partial charge on any atom is -0.321 e. The summed E-state index contributed by atoms with van der Waals surface area (Å²) in [7, 11) is 0. The van der Waals surface area contributed by atoms with Crippen LogP contribution in [0.15, 0.2) is 22.7 Å². The van der Waals surface area contributed by atoms with E-state index in [2.05, 4.69) is 21.2 Å². The predicted octanol–water partition coefficient (Wildman–Crippen LogP) is 3.35. The molecule has 2 nitrogen and oxygen atoms in total. The number of carbonyl (C=O) groups is 1. The lowest BCUT2D eigenvalue weighted by Gasteiger charge is -2.13. The first kappa shape index (κ1) is 12.1. The van der Waals surface area contributed by atoms with Gasteiger partial charge in [-0.25, -0.2) is 0 Å². The molecule has 0 aromatic heterocycles. The van der Waals surface area contributed by atoms with Crippen molar-refractivity contribution in [2.75, 3.05) is 5.32 Å². The van der Waals surface area contributed by atoms with Gasteiger partial charge in [0.1, 0.15) is 0 Å². The zero-order valence-corrected chi connectivity index (χ0v) is 9.86. The molecule has 1 amide bonds. The van der Waals surface area contributed by atoms with Crippen molar-refractivity contribution in [3.63, 3.8) is 0 Å². The van der Waals surface area contributed by atoms with Crippen LogP contribution in [0.4, 0.5) is 14.5 Å². The van der Waals surface area contributed by atoms with Crippen molar-refractivity contribution in [3.05, 3.63) is 28.2 Å². The van der Waals surface area contributed by atoms with Gasteiger partial charge in [-0.2, -0.15) is 8.78 Å². The summed E-state index contributed by atoms with van der Waals surface area (Å²) in [5.41, 5.74) is 1.10. The molecule has 1 rings (SSSR count). The molecule has 0 aliphatic rings. The molecule has 0 aliphatic carbocycles. The van der Waals surface area contributed by atoms with Gasteiger partial charge in [-0.05, 0) is 24.6 Å². The summed E-state index contributed by atoms with van der Waals surface area (Å²) < 4.78 is 26.0. The molecular weight excluding hydrogens is 268 g/mol. The smallest absolute Gasteiger partial charge is 0.321 e. The molecule has 0 bridgehead atoms. The fraction of sp³-hybridized carbons (Fsp3) is 0.300. The Hall–Kier alpha value is -0.970. The van der Waals surface area contributed by atoms with E-state index in [0.717, 1.165) is 10.0 Å². The zero-order chi connectivity index (χ0) is 11.6. The van der Waals surface area contributed by atoms with Gasteiger partial charge in [-0.3, -0.25) is 4.79 Å². The van der Waals surface area contributed by atoms with Crippen LogP contribution >= 0.6 is 15.9 Å². The van der Waals surface area contributed by atoms with Crippen molar-refractivity contribution in [3.8, 4) is 0 Å². The highest BCUT2D eigenvalue weighted by atomic mass is 79.9. The summed E-state index contributed by atoms with van der Waals surface area (Å²) >= 11 is 3.25. The number of hydrogen-bond acceptors (Lipinski definition) is 1. The van der Waals surface area contributed by atoms with E-state index in [0.29, 0.717) is 12.6 Å².